The number of nitrogens with one attached hydrogen (secondary N) is 1. The molecule has 0 bridgehead atoms. The van der Waals surface area contributed by atoms with Crippen LogP contribution in [0.2, 0.25) is 0 Å². The molecule has 0 saturated carbocycles. The molecule has 3 rings (SSSR count). The van der Waals surface area contributed by atoms with Crippen LogP contribution in [-0.4, -0.2) is 41.0 Å². The summed E-state index contributed by atoms with van der Waals surface area (Å²) in [5, 5.41) is 1.13. The molecule has 2 heterocycles. The maximum Gasteiger partial charge on any atom is 0.306 e. The first-order valence-electron chi connectivity index (χ1n) is 8.18. The van der Waals surface area contributed by atoms with Crippen molar-refractivity contribution in [2.24, 2.45) is 0 Å². The van der Waals surface area contributed by atoms with Crippen molar-refractivity contribution in [3.8, 4) is 0 Å². The average Bonchev–Trinajstić information content (AvgIpc) is 3.22. The van der Waals surface area contributed by atoms with Gasteiger partial charge < -0.3 is 14.6 Å². The van der Waals surface area contributed by atoms with Crippen molar-refractivity contribution in [2.75, 3.05) is 13.1 Å². The Labute approximate surface area is 135 Å². The summed E-state index contributed by atoms with van der Waals surface area (Å²) in [5.41, 5.74) is 2.16. The number of H-pyrrole nitrogens is 1. The standard InChI is InChI=1S/C18H22N2O3/c1-13(18(22)20-10-4-5-11-20)23-17(21)9-8-14-12-19-16-7-3-2-6-15(14)16/h2-3,6-7,12-13,19H,4-5,8-11H2,1H3/t13-/m1/s1. The second-order valence-electron chi connectivity index (χ2n) is 6.02. The number of carbonyl (C=O) groups is 2. The number of amides is 1. The van der Waals surface area contributed by atoms with Crippen LogP contribution in [0, 0.1) is 0 Å². The van der Waals surface area contributed by atoms with E-state index in [1.165, 1.54) is 0 Å². The van der Waals surface area contributed by atoms with E-state index in [2.05, 4.69) is 4.98 Å². The molecule has 1 aliphatic rings. The third-order valence-corrected chi connectivity index (χ3v) is 4.35. The van der Waals surface area contributed by atoms with Gasteiger partial charge in [-0.15, -0.1) is 0 Å². The monoisotopic (exact) mass is 314 g/mol. The Kier molecular flexibility index (Phi) is 4.65. The molecular weight excluding hydrogens is 292 g/mol. The van der Waals surface area contributed by atoms with Gasteiger partial charge in [0.2, 0.25) is 0 Å². The van der Waals surface area contributed by atoms with Gasteiger partial charge in [-0.25, -0.2) is 0 Å². The topological polar surface area (TPSA) is 62.4 Å². The van der Waals surface area contributed by atoms with E-state index >= 15 is 0 Å². The second kappa shape index (κ2) is 6.86. The molecule has 0 spiro atoms. The number of carbonyl (C=O) groups excluding carboxylic acids is 2. The number of aryl methyl sites for hydroxylation is 1. The average molecular weight is 314 g/mol. The van der Waals surface area contributed by atoms with Crippen molar-refractivity contribution < 1.29 is 14.3 Å². The number of aromatic nitrogens is 1. The predicted molar refractivity (Wildman–Crippen MR) is 88.0 cm³/mol. The van der Waals surface area contributed by atoms with Crippen LogP contribution in [0.5, 0.6) is 0 Å². The zero-order chi connectivity index (χ0) is 16.2. The highest BCUT2D eigenvalue weighted by Crippen LogP contribution is 2.19. The zero-order valence-corrected chi connectivity index (χ0v) is 13.4. The first-order chi connectivity index (χ1) is 11.1. The van der Waals surface area contributed by atoms with Gasteiger partial charge in [0.15, 0.2) is 6.10 Å². The van der Waals surface area contributed by atoms with E-state index in [9.17, 15) is 9.59 Å². The molecule has 122 valence electrons. The third-order valence-electron chi connectivity index (χ3n) is 4.35. The summed E-state index contributed by atoms with van der Waals surface area (Å²) in [4.78, 5) is 29.1. The number of benzene rings is 1. The minimum absolute atomic E-state index is 0.0806. The van der Waals surface area contributed by atoms with Crippen LogP contribution in [-0.2, 0) is 20.7 Å². The summed E-state index contributed by atoms with van der Waals surface area (Å²) in [6, 6.07) is 8.00. The SMILES string of the molecule is C[C@@H](OC(=O)CCc1c[nH]c2ccccc12)C(=O)N1CCCC1. The molecule has 5 heteroatoms. The summed E-state index contributed by atoms with van der Waals surface area (Å²) in [6.07, 6.45) is 4.19. The molecule has 1 fully saturated rings. The highest BCUT2D eigenvalue weighted by molar-refractivity contribution is 5.85. The van der Waals surface area contributed by atoms with Crippen LogP contribution in [0.3, 0.4) is 0 Å². The molecule has 1 saturated heterocycles. The Morgan fingerprint density at radius 3 is 2.78 bits per heavy atom. The van der Waals surface area contributed by atoms with Gasteiger partial charge in [-0.05, 0) is 37.8 Å². The molecule has 1 N–H and O–H groups in total. The van der Waals surface area contributed by atoms with Gasteiger partial charge in [-0.1, -0.05) is 18.2 Å². The summed E-state index contributed by atoms with van der Waals surface area (Å²) < 4.78 is 5.29. The van der Waals surface area contributed by atoms with Gasteiger partial charge in [0.1, 0.15) is 0 Å². The predicted octanol–water partition coefficient (Wildman–Crippen LogP) is 2.65. The van der Waals surface area contributed by atoms with Gasteiger partial charge in [0, 0.05) is 36.6 Å². The minimum atomic E-state index is -0.691. The van der Waals surface area contributed by atoms with Crippen molar-refractivity contribution in [3.63, 3.8) is 0 Å². The van der Waals surface area contributed by atoms with Crippen LogP contribution in [0.15, 0.2) is 30.5 Å². The number of ether oxygens (including phenoxy) is 1. The number of aromatic amines is 1. The summed E-state index contributed by atoms with van der Waals surface area (Å²) in [5.74, 6) is -0.404. The number of para-hydroxylation sites is 1. The maximum atomic E-state index is 12.1. The fourth-order valence-corrected chi connectivity index (χ4v) is 3.08. The van der Waals surface area contributed by atoms with E-state index in [4.69, 9.17) is 4.74 Å². The summed E-state index contributed by atoms with van der Waals surface area (Å²) in [6.45, 7) is 3.20. The Bertz CT molecular complexity index is 701. The molecule has 1 amide bonds. The lowest BCUT2D eigenvalue weighted by Crippen LogP contribution is -2.38. The van der Waals surface area contributed by atoms with Crippen molar-refractivity contribution >= 4 is 22.8 Å². The van der Waals surface area contributed by atoms with Crippen molar-refractivity contribution in [1.82, 2.24) is 9.88 Å². The quantitative estimate of drug-likeness (QED) is 0.863. The molecule has 0 unspecified atom stereocenters. The minimum Gasteiger partial charge on any atom is -0.453 e. The van der Waals surface area contributed by atoms with Crippen molar-refractivity contribution in [1.29, 1.82) is 0 Å². The van der Waals surface area contributed by atoms with Crippen molar-refractivity contribution in [2.45, 2.75) is 38.7 Å². The summed E-state index contributed by atoms with van der Waals surface area (Å²) in [7, 11) is 0. The number of fused-ring (bicyclic) bond motifs is 1. The highest BCUT2D eigenvalue weighted by Gasteiger charge is 2.25. The molecular formula is C18H22N2O3. The van der Waals surface area contributed by atoms with Crippen LogP contribution in [0.25, 0.3) is 10.9 Å². The molecule has 1 atom stereocenters. The first-order valence-corrected chi connectivity index (χ1v) is 8.18. The molecule has 0 radical (unpaired) electrons. The van der Waals surface area contributed by atoms with E-state index in [1.807, 2.05) is 30.5 Å². The van der Waals surface area contributed by atoms with Gasteiger partial charge in [-0.3, -0.25) is 9.59 Å². The number of rotatable bonds is 5. The number of hydrogen-bond acceptors (Lipinski definition) is 3. The third kappa shape index (κ3) is 3.55. The van der Waals surface area contributed by atoms with Gasteiger partial charge >= 0.3 is 5.97 Å². The molecule has 1 aromatic carbocycles. The lowest BCUT2D eigenvalue weighted by Gasteiger charge is -2.20. The molecule has 5 nitrogen and oxygen atoms in total. The highest BCUT2D eigenvalue weighted by atomic mass is 16.5. The Balaban J connectivity index is 1.52. The molecule has 0 aliphatic carbocycles. The van der Waals surface area contributed by atoms with E-state index < -0.39 is 6.10 Å². The van der Waals surface area contributed by atoms with E-state index in [1.54, 1.807) is 11.8 Å². The van der Waals surface area contributed by atoms with Crippen molar-refractivity contribution in [3.05, 3.63) is 36.0 Å². The van der Waals surface area contributed by atoms with Crippen LogP contribution in [0.1, 0.15) is 31.7 Å². The number of hydrogen-bond donors (Lipinski definition) is 1. The van der Waals surface area contributed by atoms with Crippen LogP contribution in [0.4, 0.5) is 0 Å². The maximum absolute atomic E-state index is 12.1. The van der Waals surface area contributed by atoms with Crippen LogP contribution >= 0.6 is 0 Å². The Morgan fingerprint density at radius 2 is 2.00 bits per heavy atom. The lowest BCUT2D eigenvalue weighted by molar-refractivity contribution is -0.158. The van der Waals surface area contributed by atoms with Gasteiger partial charge in [0.05, 0.1) is 0 Å². The Hall–Kier alpha value is -2.30. The van der Waals surface area contributed by atoms with E-state index in [-0.39, 0.29) is 18.3 Å². The number of esters is 1. The smallest absolute Gasteiger partial charge is 0.306 e. The van der Waals surface area contributed by atoms with Crippen LogP contribution < -0.4 is 0 Å². The fraction of sp³-hybridized carbons (Fsp3) is 0.444. The normalized spacial score (nSPS) is 15.8. The summed E-state index contributed by atoms with van der Waals surface area (Å²) >= 11 is 0. The molecule has 23 heavy (non-hydrogen) atoms. The fourth-order valence-electron chi connectivity index (χ4n) is 3.08. The molecule has 1 aromatic heterocycles. The number of nitrogens with zero attached hydrogens (tertiary/aromatic N) is 1. The van der Waals surface area contributed by atoms with Gasteiger partial charge in [0.25, 0.3) is 5.91 Å². The molecule has 1 aliphatic heterocycles. The lowest BCUT2D eigenvalue weighted by atomic mass is 10.1. The van der Waals surface area contributed by atoms with E-state index in [0.29, 0.717) is 6.42 Å². The largest absolute Gasteiger partial charge is 0.453 e. The molecule has 2 aromatic rings. The van der Waals surface area contributed by atoms with Gasteiger partial charge in [-0.2, -0.15) is 0 Å². The first kappa shape index (κ1) is 15.6. The zero-order valence-electron chi connectivity index (χ0n) is 13.4. The van der Waals surface area contributed by atoms with E-state index in [0.717, 1.165) is 42.4 Å². The number of likely N-dealkylation sites (tertiary alicyclic amines) is 1. The second-order valence-corrected chi connectivity index (χ2v) is 6.02. The Morgan fingerprint density at radius 1 is 1.26 bits per heavy atom.